The summed E-state index contributed by atoms with van der Waals surface area (Å²) < 4.78 is 44.2. The molecule has 1 aromatic rings. The van der Waals surface area contributed by atoms with Crippen molar-refractivity contribution in [2.45, 2.75) is 32.7 Å². The van der Waals surface area contributed by atoms with Crippen molar-refractivity contribution < 1.29 is 27.8 Å². The number of ether oxygens (including phenoxy) is 1. The van der Waals surface area contributed by atoms with Gasteiger partial charge >= 0.3 is 12.1 Å². The smallest absolute Gasteiger partial charge is 0.416 e. The minimum absolute atomic E-state index is 0.187. The van der Waals surface area contributed by atoms with Gasteiger partial charge in [0.25, 0.3) is 0 Å². The summed E-state index contributed by atoms with van der Waals surface area (Å²) in [6.45, 7) is 6.62. The van der Waals surface area contributed by atoms with Crippen LogP contribution in [0.3, 0.4) is 0 Å². The van der Waals surface area contributed by atoms with Gasteiger partial charge in [0.05, 0.1) is 29.4 Å². The highest BCUT2D eigenvalue weighted by Gasteiger charge is 2.35. The van der Waals surface area contributed by atoms with Crippen LogP contribution in [-0.2, 0) is 22.3 Å². The number of nitrogens with zero attached hydrogens (tertiary/aromatic N) is 2. The summed E-state index contributed by atoms with van der Waals surface area (Å²) >= 11 is 1.44. The summed E-state index contributed by atoms with van der Waals surface area (Å²) in [5, 5.41) is 10.5. The molecule has 2 aliphatic heterocycles. The summed E-state index contributed by atoms with van der Waals surface area (Å²) in [4.78, 5) is 16.2. The number of thioether (sulfide) groups is 1. The van der Waals surface area contributed by atoms with Crippen molar-refractivity contribution in [3.8, 4) is 0 Å². The molecule has 2 aliphatic rings. The van der Waals surface area contributed by atoms with Gasteiger partial charge in [-0.2, -0.15) is 13.2 Å². The van der Waals surface area contributed by atoms with E-state index in [1.165, 1.54) is 23.9 Å². The number of benzene rings is 1. The molecule has 2 heterocycles. The molecule has 30 heavy (non-hydrogen) atoms. The molecule has 0 bridgehead atoms. The van der Waals surface area contributed by atoms with E-state index < -0.39 is 17.7 Å². The average Bonchev–Trinajstić information content (AvgIpc) is 2.70. The molecule has 0 saturated carbocycles. The zero-order valence-electron chi connectivity index (χ0n) is 16.9. The van der Waals surface area contributed by atoms with Gasteiger partial charge in [0.2, 0.25) is 0 Å². The highest BCUT2D eigenvalue weighted by molar-refractivity contribution is 8.03. The minimum Gasteiger partial charge on any atom is -0.478 e. The number of alkyl halides is 3. The van der Waals surface area contributed by atoms with Gasteiger partial charge in [-0.05, 0) is 42.0 Å². The second-order valence-corrected chi connectivity index (χ2v) is 8.41. The molecule has 1 aromatic carbocycles. The Hall–Kier alpha value is -1.97. The van der Waals surface area contributed by atoms with Gasteiger partial charge in [0.15, 0.2) is 0 Å². The quantitative estimate of drug-likeness (QED) is 0.714. The summed E-state index contributed by atoms with van der Waals surface area (Å²) in [6, 6.07) is 5.05. The van der Waals surface area contributed by atoms with Crippen molar-refractivity contribution in [2.24, 2.45) is 0 Å². The van der Waals surface area contributed by atoms with Gasteiger partial charge in [0.1, 0.15) is 6.17 Å². The van der Waals surface area contributed by atoms with E-state index in [-0.39, 0.29) is 11.7 Å². The van der Waals surface area contributed by atoms with E-state index in [4.69, 9.17) is 4.74 Å². The first-order valence-electron chi connectivity index (χ1n) is 9.76. The van der Waals surface area contributed by atoms with Crippen LogP contribution < -0.4 is 0 Å². The Labute approximate surface area is 178 Å². The third-order valence-corrected chi connectivity index (χ3v) is 6.14. The van der Waals surface area contributed by atoms with Crippen molar-refractivity contribution in [3.05, 3.63) is 57.6 Å². The zero-order valence-corrected chi connectivity index (χ0v) is 17.7. The molecule has 5 nitrogen and oxygen atoms in total. The molecular formula is C21H25F3N2O3S. The molecule has 1 atom stereocenters. The van der Waals surface area contributed by atoms with Crippen molar-refractivity contribution in [3.63, 3.8) is 0 Å². The van der Waals surface area contributed by atoms with E-state index in [1.807, 2.05) is 17.9 Å². The number of hydrogen-bond donors (Lipinski definition) is 1. The number of aliphatic carboxylic acids is 1. The largest absolute Gasteiger partial charge is 0.478 e. The molecule has 1 unspecified atom stereocenters. The molecule has 1 N–H and O–H groups in total. The molecule has 1 fully saturated rings. The van der Waals surface area contributed by atoms with E-state index >= 15 is 0 Å². The van der Waals surface area contributed by atoms with Crippen LogP contribution in [0.1, 0.15) is 25.0 Å². The van der Waals surface area contributed by atoms with Gasteiger partial charge in [-0.1, -0.05) is 19.1 Å². The Bertz CT molecular complexity index is 831. The first-order valence-corrected chi connectivity index (χ1v) is 10.7. The van der Waals surface area contributed by atoms with Crippen molar-refractivity contribution in [1.82, 2.24) is 9.80 Å². The SMILES string of the molecule is CCSC1=C(C(=O)O)C(C)=CC(N2CCOCC2)N1Cc1ccc(C(F)(F)F)cc1. The van der Waals surface area contributed by atoms with Gasteiger partial charge in [-0.25, -0.2) is 4.79 Å². The Morgan fingerprint density at radius 3 is 2.40 bits per heavy atom. The van der Waals surface area contributed by atoms with E-state index in [9.17, 15) is 23.1 Å². The van der Waals surface area contributed by atoms with Gasteiger partial charge < -0.3 is 14.7 Å². The Balaban J connectivity index is 1.98. The molecular weight excluding hydrogens is 417 g/mol. The lowest BCUT2D eigenvalue weighted by Gasteiger charge is -2.44. The number of carboxylic acid groups (broad SMARTS) is 1. The molecule has 9 heteroatoms. The van der Waals surface area contributed by atoms with Crippen LogP contribution in [0.15, 0.2) is 46.5 Å². The first kappa shape index (κ1) is 22.7. The van der Waals surface area contributed by atoms with Crippen LogP contribution in [0.4, 0.5) is 13.2 Å². The maximum Gasteiger partial charge on any atom is 0.416 e. The third kappa shape index (κ3) is 5.01. The fourth-order valence-electron chi connectivity index (χ4n) is 3.69. The summed E-state index contributed by atoms with van der Waals surface area (Å²) in [5.41, 5.74) is 0.931. The Kier molecular flexibility index (Phi) is 7.15. The molecule has 0 aliphatic carbocycles. The van der Waals surface area contributed by atoms with Crippen molar-refractivity contribution >= 4 is 17.7 Å². The predicted octanol–water partition coefficient (Wildman–Crippen LogP) is 4.17. The summed E-state index contributed by atoms with van der Waals surface area (Å²) in [5.74, 6) is -0.323. The number of carbonyl (C=O) groups is 1. The van der Waals surface area contributed by atoms with Gasteiger partial charge in [0, 0.05) is 19.6 Å². The van der Waals surface area contributed by atoms with Gasteiger partial charge in [-0.3, -0.25) is 4.90 Å². The molecule has 3 rings (SSSR count). The fraction of sp³-hybridized carbons (Fsp3) is 0.476. The van der Waals surface area contributed by atoms with E-state index in [0.717, 1.165) is 12.1 Å². The van der Waals surface area contributed by atoms with Crippen LogP contribution in [-0.4, -0.2) is 59.1 Å². The van der Waals surface area contributed by atoms with E-state index in [0.29, 0.717) is 54.8 Å². The first-order chi connectivity index (χ1) is 14.2. The predicted molar refractivity (Wildman–Crippen MR) is 110 cm³/mol. The maximum absolute atomic E-state index is 12.9. The lowest BCUT2D eigenvalue weighted by atomic mass is 10.0. The Morgan fingerprint density at radius 1 is 1.23 bits per heavy atom. The minimum atomic E-state index is -4.39. The second-order valence-electron chi connectivity index (χ2n) is 7.15. The highest BCUT2D eigenvalue weighted by Crippen LogP contribution is 2.37. The maximum atomic E-state index is 12.9. The average molecular weight is 443 g/mol. The Morgan fingerprint density at radius 2 is 1.87 bits per heavy atom. The normalized spacial score (nSPS) is 21.0. The second kappa shape index (κ2) is 9.45. The lowest BCUT2D eigenvalue weighted by Crippen LogP contribution is -2.52. The number of carboxylic acids is 1. The lowest BCUT2D eigenvalue weighted by molar-refractivity contribution is -0.137. The summed E-state index contributed by atoms with van der Waals surface area (Å²) in [7, 11) is 0. The van der Waals surface area contributed by atoms with Crippen LogP contribution >= 0.6 is 11.8 Å². The number of hydrogen-bond acceptors (Lipinski definition) is 5. The van der Waals surface area contributed by atoms with Crippen LogP contribution in [0.2, 0.25) is 0 Å². The molecule has 164 valence electrons. The van der Waals surface area contributed by atoms with Crippen LogP contribution in [0.5, 0.6) is 0 Å². The number of morpholine rings is 1. The summed E-state index contributed by atoms with van der Waals surface area (Å²) in [6.07, 6.45) is -2.65. The van der Waals surface area contributed by atoms with Crippen LogP contribution in [0.25, 0.3) is 0 Å². The topological polar surface area (TPSA) is 53.0 Å². The van der Waals surface area contributed by atoms with Crippen molar-refractivity contribution in [2.75, 3.05) is 32.1 Å². The third-order valence-electron chi connectivity index (χ3n) is 5.14. The van der Waals surface area contributed by atoms with E-state index in [1.54, 1.807) is 6.92 Å². The van der Waals surface area contributed by atoms with Gasteiger partial charge in [-0.15, -0.1) is 11.8 Å². The zero-order chi connectivity index (χ0) is 21.9. The van der Waals surface area contributed by atoms with Crippen LogP contribution in [0, 0.1) is 0 Å². The monoisotopic (exact) mass is 442 g/mol. The standard InChI is InChI=1S/C21H25F3N2O3S/c1-3-30-19-18(20(27)28)14(2)12-17(25-8-10-29-11-9-25)26(19)13-15-4-6-16(7-5-15)21(22,23)24/h4-7,12,17H,3,8-11,13H2,1-2H3,(H,27,28). The number of halogens is 3. The molecule has 0 radical (unpaired) electrons. The number of rotatable bonds is 6. The highest BCUT2D eigenvalue weighted by atomic mass is 32.2. The van der Waals surface area contributed by atoms with Crippen molar-refractivity contribution in [1.29, 1.82) is 0 Å². The molecule has 0 amide bonds. The fourth-order valence-corrected chi connectivity index (χ4v) is 4.69. The molecule has 0 aromatic heterocycles. The molecule has 0 spiro atoms. The molecule has 1 saturated heterocycles. The van der Waals surface area contributed by atoms with E-state index in [2.05, 4.69) is 4.90 Å².